The summed E-state index contributed by atoms with van der Waals surface area (Å²) in [6.07, 6.45) is 3.56. The maximum absolute atomic E-state index is 12.2. The number of rotatable bonds is 5. The van der Waals surface area contributed by atoms with Gasteiger partial charge in [0.1, 0.15) is 11.6 Å². The summed E-state index contributed by atoms with van der Waals surface area (Å²) in [5.74, 6) is 0.464. The third kappa shape index (κ3) is 4.56. The van der Waals surface area contributed by atoms with Crippen molar-refractivity contribution < 1.29 is 9.90 Å². The van der Waals surface area contributed by atoms with Crippen molar-refractivity contribution >= 4 is 5.91 Å². The highest BCUT2D eigenvalue weighted by Gasteiger charge is 2.23. The average Bonchev–Trinajstić information content (AvgIpc) is 2.43. The predicted octanol–water partition coefficient (Wildman–Crippen LogP) is 0.967. The van der Waals surface area contributed by atoms with Crippen LogP contribution >= 0.6 is 0 Å². The van der Waals surface area contributed by atoms with Gasteiger partial charge in [-0.2, -0.15) is 5.26 Å². The second-order valence-corrected chi connectivity index (χ2v) is 4.98. The first-order valence-corrected chi connectivity index (χ1v) is 6.88. The van der Waals surface area contributed by atoms with Gasteiger partial charge in [-0.15, -0.1) is 0 Å². The highest BCUT2D eigenvalue weighted by molar-refractivity contribution is 5.97. The Kier molecular flexibility index (Phi) is 6.37. The monoisotopic (exact) mass is 265 g/mol. The van der Waals surface area contributed by atoms with Crippen molar-refractivity contribution in [3.63, 3.8) is 0 Å². The fourth-order valence-electron chi connectivity index (χ4n) is 2.14. The van der Waals surface area contributed by atoms with Gasteiger partial charge in [-0.1, -0.05) is 6.92 Å². The first kappa shape index (κ1) is 15.5. The van der Waals surface area contributed by atoms with Gasteiger partial charge < -0.3 is 14.9 Å². The molecule has 0 spiro atoms. The number of aliphatic hydroxyl groups is 1. The molecule has 5 nitrogen and oxygen atoms in total. The van der Waals surface area contributed by atoms with Crippen molar-refractivity contribution in [3.8, 4) is 6.07 Å². The number of nitriles is 1. The van der Waals surface area contributed by atoms with Gasteiger partial charge in [0.15, 0.2) is 0 Å². The fourth-order valence-corrected chi connectivity index (χ4v) is 2.14. The third-order valence-electron chi connectivity index (χ3n) is 3.53. The van der Waals surface area contributed by atoms with Crippen LogP contribution in [-0.2, 0) is 4.79 Å². The van der Waals surface area contributed by atoms with E-state index in [1.54, 1.807) is 16.0 Å². The van der Waals surface area contributed by atoms with E-state index in [9.17, 15) is 4.79 Å². The van der Waals surface area contributed by atoms with Crippen molar-refractivity contribution in [2.24, 2.45) is 5.92 Å². The SMILES string of the molecule is CCN(/C=C(/C#N)C(=O)N1CCC(C)CC1)CCO. The van der Waals surface area contributed by atoms with Gasteiger partial charge in [-0.05, 0) is 25.7 Å². The molecule has 1 rings (SSSR count). The minimum atomic E-state index is -0.189. The molecule has 0 aromatic heterocycles. The lowest BCUT2D eigenvalue weighted by atomic mass is 9.99. The predicted molar refractivity (Wildman–Crippen MR) is 73.0 cm³/mol. The molecule has 1 fully saturated rings. The summed E-state index contributed by atoms with van der Waals surface area (Å²) in [6, 6.07) is 1.98. The maximum Gasteiger partial charge on any atom is 0.266 e. The molecule has 5 heteroatoms. The number of amides is 1. The molecule has 0 unspecified atom stereocenters. The summed E-state index contributed by atoms with van der Waals surface area (Å²) in [6.45, 7) is 6.67. The number of likely N-dealkylation sites (N-methyl/N-ethyl adjacent to an activating group) is 1. The van der Waals surface area contributed by atoms with E-state index in [0.717, 1.165) is 25.9 Å². The number of piperidine rings is 1. The molecule has 0 aliphatic carbocycles. The first-order valence-electron chi connectivity index (χ1n) is 6.88. The lowest BCUT2D eigenvalue weighted by Gasteiger charge is -2.30. The largest absolute Gasteiger partial charge is 0.395 e. The van der Waals surface area contributed by atoms with Gasteiger partial charge in [0.05, 0.1) is 6.61 Å². The van der Waals surface area contributed by atoms with Gasteiger partial charge in [0.2, 0.25) is 0 Å². The topological polar surface area (TPSA) is 67.6 Å². The molecular weight excluding hydrogens is 242 g/mol. The standard InChI is InChI=1S/C14H23N3O2/c1-3-16(8-9-18)11-13(10-15)14(19)17-6-4-12(2)5-7-17/h11-12,18H,3-9H2,1-2H3/b13-11-. The number of nitrogens with zero attached hydrogens (tertiary/aromatic N) is 3. The number of carbonyl (C=O) groups excluding carboxylic acids is 1. The second kappa shape index (κ2) is 7.80. The lowest BCUT2D eigenvalue weighted by molar-refractivity contribution is -0.128. The number of hydrogen-bond acceptors (Lipinski definition) is 4. The van der Waals surface area contributed by atoms with Crippen LogP contribution in [0.1, 0.15) is 26.7 Å². The summed E-state index contributed by atoms with van der Waals surface area (Å²) in [7, 11) is 0. The molecule has 0 atom stereocenters. The van der Waals surface area contributed by atoms with Crippen LogP contribution in [0.15, 0.2) is 11.8 Å². The van der Waals surface area contributed by atoms with Crippen LogP contribution in [0.5, 0.6) is 0 Å². The molecule has 0 radical (unpaired) electrons. The smallest absolute Gasteiger partial charge is 0.266 e. The Bertz CT molecular complexity index is 365. The third-order valence-corrected chi connectivity index (χ3v) is 3.53. The summed E-state index contributed by atoms with van der Waals surface area (Å²) in [5.41, 5.74) is 0.157. The van der Waals surface area contributed by atoms with E-state index < -0.39 is 0 Å². The van der Waals surface area contributed by atoms with Crippen LogP contribution in [-0.4, -0.2) is 53.6 Å². The van der Waals surface area contributed by atoms with Gasteiger partial charge >= 0.3 is 0 Å². The highest BCUT2D eigenvalue weighted by Crippen LogP contribution is 2.17. The maximum atomic E-state index is 12.2. The van der Waals surface area contributed by atoms with E-state index in [0.29, 0.717) is 19.0 Å². The fraction of sp³-hybridized carbons (Fsp3) is 0.714. The zero-order chi connectivity index (χ0) is 14.3. The molecule has 1 aliphatic rings. The quantitative estimate of drug-likeness (QED) is 0.594. The Morgan fingerprint density at radius 3 is 2.63 bits per heavy atom. The van der Waals surface area contributed by atoms with Gasteiger partial charge in [-0.25, -0.2) is 0 Å². The van der Waals surface area contributed by atoms with Crippen LogP contribution in [0, 0.1) is 17.2 Å². The van der Waals surface area contributed by atoms with Gasteiger partial charge in [-0.3, -0.25) is 4.79 Å². The normalized spacial score (nSPS) is 17.2. The molecule has 1 aliphatic heterocycles. The van der Waals surface area contributed by atoms with Crippen molar-refractivity contribution in [2.45, 2.75) is 26.7 Å². The number of likely N-dealkylation sites (tertiary alicyclic amines) is 1. The first-order chi connectivity index (χ1) is 9.12. The van der Waals surface area contributed by atoms with E-state index in [4.69, 9.17) is 10.4 Å². The Labute approximate surface area is 115 Å². The Balaban J connectivity index is 2.71. The summed E-state index contributed by atoms with van der Waals surface area (Å²) in [5, 5.41) is 18.1. The number of hydrogen-bond donors (Lipinski definition) is 1. The van der Waals surface area contributed by atoms with Crippen molar-refractivity contribution in [1.29, 1.82) is 5.26 Å². The highest BCUT2D eigenvalue weighted by atomic mass is 16.3. The van der Waals surface area contributed by atoms with E-state index in [1.807, 2.05) is 13.0 Å². The average molecular weight is 265 g/mol. The summed E-state index contributed by atoms with van der Waals surface area (Å²) < 4.78 is 0. The van der Waals surface area contributed by atoms with Gasteiger partial charge in [0.25, 0.3) is 5.91 Å². The molecular formula is C14H23N3O2. The molecule has 0 saturated carbocycles. The molecule has 1 saturated heterocycles. The van der Waals surface area contributed by atoms with Crippen molar-refractivity contribution in [1.82, 2.24) is 9.80 Å². The van der Waals surface area contributed by atoms with Crippen LogP contribution in [0.4, 0.5) is 0 Å². The van der Waals surface area contributed by atoms with Gasteiger partial charge in [0, 0.05) is 32.4 Å². The van der Waals surface area contributed by atoms with E-state index in [2.05, 4.69) is 6.92 Å². The Morgan fingerprint density at radius 1 is 1.53 bits per heavy atom. The Morgan fingerprint density at radius 2 is 2.16 bits per heavy atom. The van der Waals surface area contributed by atoms with Crippen LogP contribution in [0.2, 0.25) is 0 Å². The zero-order valence-corrected chi connectivity index (χ0v) is 11.8. The van der Waals surface area contributed by atoms with Crippen LogP contribution < -0.4 is 0 Å². The molecule has 106 valence electrons. The molecule has 1 N–H and O–H groups in total. The Hall–Kier alpha value is -1.54. The molecule has 1 amide bonds. The second-order valence-electron chi connectivity index (χ2n) is 4.98. The van der Waals surface area contributed by atoms with E-state index >= 15 is 0 Å². The van der Waals surface area contributed by atoms with Crippen molar-refractivity contribution in [3.05, 3.63) is 11.8 Å². The van der Waals surface area contributed by atoms with Crippen molar-refractivity contribution in [2.75, 3.05) is 32.8 Å². The molecule has 19 heavy (non-hydrogen) atoms. The van der Waals surface area contributed by atoms with Crippen LogP contribution in [0.3, 0.4) is 0 Å². The summed E-state index contributed by atoms with van der Waals surface area (Å²) in [4.78, 5) is 15.8. The summed E-state index contributed by atoms with van der Waals surface area (Å²) >= 11 is 0. The molecule has 0 bridgehead atoms. The number of carbonyl (C=O) groups is 1. The molecule has 0 aromatic rings. The zero-order valence-electron chi connectivity index (χ0n) is 11.8. The molecule has 0 aromatic carbocycles. The van der Waals surface area contributed by atoms with Crippen LogP contribution in [0.25, 0.3) is 0 Å². The minimum Gasteiger partial charge on any atom is -0.395 e. The van der Waals surface area contributed by atoms with E-state index in [1.165, 1.54) is 0 Å². The number of aliphatic hydroxyl groups excluding tert-OH is 1. The minimum absolute atomic E-state index is 0.0124. The van der Waals surface area contributed by atoms with E-state index in [-0.39, 0.29) is 18.1 Å². The molecule has 1 heterocycles. The lowest BCUT2D eigenvalue weighted by Crippen LogP contribution is -2.39.